The van der Waals surface area contributed by atoms with Gasteiger partial charge in [0.25, 0.3) is 0 Å². The molecule has 1 unspecified atom stereocenters. The van der Waals surface area contributed by atoms with Gasteiger partial charge in [-0.05, 0) is 18.1 Å². The minimum Gasteiger partial charge on any atom is -0.391 e. The van der Waals surface area contributed by atoms with Gasteiger partial charge in [0.05, 0.1) is 12.2 Å². The number of aliphatic hydroxyl groups is 1. The molecule has 5 nitrogen and oxygen atoms in total. The molecule has 0 aliphatic rings. The highest BCUT2D eigenvalue weighted by molar-refractivity contribution is 7.89. The van der Waals surface area contributed by atoms with Crippen LogP contribution in [0.3, 0.4) is 0 Å². The number of aliphatic hydroxyl groups excluding tert-OH is 1. The van der Waals surface area contributed by atoms with E-state index in [1.165, 1.54) is 7.11 Å². The van der Waals surface area contributed by atoms with E-state index in [0.29, 0.717) is 6.61 Å². The van der Waals surface area contributed by atoms with Crippen molar-refractivity contribution >= 4 is 10.0 Å². The number of hydrogen-bond donors (Lipinski definition) is 2. The Labute approximate surface area is 116 Å². The fourth-order valence-electron chi connectivity index (χ4n) is 1.60. The van der Waals surface area contributed by atoms with Crippen LogP contribution in [0.5, 0.6) is 0 Å². The summed E-state index contributed by atoms with van der Waals surface area (Å²) in [4.78, 5) is -0.687. The maximum atomic E-state index is 13.9. The van der Waals surface area contributed by atoms with Crippen LogP contribution in [0.25, 0.3) is 0 Å². The maximum absolute atomic E-state index is 13.9. The van der Waals surface area contributed by atoms with Crippen LogP contribution < -0.4 is 4.72 Å². The second kappa shape index (κ2) is 7.07. The van der Waals surface area contributed by atoms with Crippen molar-refractivity contribution in [3.05, 3.63) is 29.3 Å². The van der Waals surface area contributed by atoms with Crippen LogP contribution in [-0.4, -0.2) is 33.8 Å². The molecule has 0 amide bonds. The Morgan fingerprint density at radius 1 is 1.40 bits per heavy atom. The first-order valence-electron chi connectivity index (χ1n) is 5.89. The van der Waals surface area contributed by atoms with Crippen molar-refractivity contribution in [2.75, 3.05) is 20.3 Å². The first kappa shape index (κ1) is 17.0. The number of ether oxygens (including phenoxy) is 1. The number of halogens is 2. The van der Waals surface area contributed by atoms with E-state index >= 15 is 0 Å². The van der Waals surface area contributed by atoms with E-state index in [1.54, 1.807) is 6.92 Å². The Balaban J connectivity index is 2.99. The van der Waals surface area contributed by atoms with E-state index in [0.717, 1.165) is 12.1 Å². The van der Waals surface area contributed by atoms with Crippen LogP contribution in [-0.2, 0) is 21.4 Å². The molecule has 0 bridgehead atoms. The molecule has 1 aromatic carbocycles. The van der Waals surface area contributed by atoms with Gasteiger partial charge in [-0.2, -0.15) is 0 Å². The molecule has 2 N–H and O–H groups in total. The molecule has 114 valence electrons. The predicted octanol–water partition coefficient (Wildman–Crippen LogP) is 1.02. The summed E-state index contributed by atoms with van der Waals surface area (Å²) < 4.78 is 58.0. The Kier molecular flexibility index (Phi) is 6.00. The molecule has 0 aromatic heterocycles. The van der Waals surface area contributed by atoms with E-state index in [-0.39, 0.29) is 12.5 Å². The van der Waals surface area contributed by atoms with Gasteiger partial charge in [0.1, 0.15) is 10.7 Å². The molecule has 1 aromatic rings. The lowest BCUT2D eigenvalue weighted by molar-refractivity contribution is 0.161. The predicted molar refractivity (Wildman–Crippen MR) is 68.5 cm³/mol. The van der Waals surface area contributed by atoms with Gasteiger partial charge in [0.2, 0.25) is 10.0 Å². The monoisotopic (exact) mass is 309 g/mol. The molecule has 1 atom stereocenters. The largest absolute Gasteiger partial charge is 0.391 e. The number of hydrogen-bond acceptors (Lipinski definition) is 4. The van der Waals surface area contributed by atoms with Crippen LogP contribution in [0.15, 0.2) is 17.0 Å². The van der Waals surface area contributed by atoms with Crippen LogP contribution in [0.2, 0.25) is 0 Å². The van der Waals surface area contributed by atoms with Gasteiger partial charge in [-0.3, -0.25) is 0 Å². The van der Waals surface area contributed by atoms with E-state index in [1.807, 2.05) is 0 Å². The van der Waals surface area contributed by atoms with Gasteiger partial charge < -0.3 is 9.84 Å². The molecule has 8 heteroatoms. The number of rotatable bonds is 7. The lowest BCUT2D eigenvalue weighted by atomic mass is 10.2. The molecule has 0 spiro atoms. The van der Waals surface area contributed by atoms with Crippen LogP contribution in [0, 0.1) is 17.6 Å². The molecule has 0 radical (unpaired) electrons. The van der Waals surface area contributed by atoms with Crippen molar-refractivity contribution in [1.82, 2.24) is 4.72 Å². The van der Waals surface area contributed by atoms with Crippen molar-refractivity contribution < 1.29 is 27.0 Å². The summed E-state index contributed by atoms with van der Waals surface area (Å²) in [6, 6.07) is 1.63. The fraction of sp³-hybridized carbons (Fsp3) is 0.500. The molecule has 0 aliphatic heterocycles. The third-order valence-corrected chi connectivity index (χ3v) is 4.11. The highest BCUT2D eigenvalue weighted by atomic mass is 32.2. The first-order valence-corrected chi connectivity index (χ1v) is 7.38. The number of nitrogens with one attached hydrogen (secondary N) is 1. The average Bonchev–Trinajstić information content (AvgIpc) is 2.37. The Morgan fingerprint density at radius 2 is 2.05 bits per heavy atom. The normalized spacial score (nSPS) is 13.4. The third-order valence-electron chi connectivity index (χ3n) is 2.67. The molecule has 0 saturated heterocycles. The van der Waals surface area contributed by atoms with E-state index in [9.17, 15) is 17.2 Å². The van der Waals surface area contributed by atoms with Crippen molar-refractivity contribution in [3.8, 4) is 0 Å². The Morgan fingerprint density at radius 3 is 2.60 bits per heavy atom. The summed E-state index contributed by atoms with van der Waals surface area (Å²) >= 11 is 0. The van der Waals surface area contributed by atoms with Crippen LogP contribution >= 0.6 is 0 Å². The summed E-state index contributed by atoms with van der Waals surface area (Å²) in [7, 11) is -2.63. The molecular formula is C12H17F2NO4S. The molecule has 0 aliphatic carbocycles. The fourth-order valence-corrected chi connectivity index (χ4v) is 2.87. The van der Waals surface area contributed by atoms with Crippen molar-refractivity contribution in [3.63, 3.8) is 0 Å². The van der Waals surface area contributed by atoms with Crippen molar-refractivity contribution in [2.24, 2.45) is 5.92 Å². The van der Waals surface area contributed by atoms with Gasteiger partial charge in [-0.1, -0.05) is 6.92 Å². The smallest absolute Gasteiger partial charge is 0.243 e. The molecule has 0 heterocycles. The standard InChI is InChI=1S/C12H17F2NO4S/c1-8(7-19-2)5-15-20(17,18)11-4-3-10(13)9(6-16)12(11)14/h3-4,8,15-16H,5-7H2,1-2H3. The van der Waals surface area contributed by atoms with Gasteiger partial charge in [0.15, 0.2) is 5.82 Å². The second-order valence-electron chi connectivity index (χ2n) is 4.41. The summed E-state index contributed by atoms with van der Waals surface area (Å²) in [5.41, 5.74) is -0.669. The zero-order valence-electron chi connectivity index (χ0n) is 11.2. The van der Waals surface area contributed by atoms with Gasteiger partial charge in [-0.25, -0.2) is 21.9 Å². The molecule has 0 saturated carbocycles. The van der Waals surface area contributed by atoms with E-state index < -0.39 is 38.7 Å². The van der Waals surface area contributed by atoms with Crippen molar-refractivity contribution in [2.45, 2.75) is 18.4 Å². The van der Waals surface area contributed by atoms with Crippen molar-refractivity contribution in [1.29, 1.82) is 0 Å². The lowest BCUT2D eigenvalue weighted by Gasteiger charge is -2.13. The topological polar surface area (TPSA) is 75.6 Å². The highest BCUT2D eigenvalue weighted by Gasteiger charge is 2.23. The minimum atomic E-state index is -4.11. The second-order valence-corrected chi connectivity index (χ2v) is 6.14. The first-order chi connectivity index (χ1) is 9.33. The number of benzene rings is 1. The highest BCUT2D eigenvalue weighted by Crippen LogP contribution is 2.21. The van der Waals surface area contributed by atoms with E-state index in [2.05, 4.69) is 4.72 Å². The van der Waals surface area contributed by atoms with Gasteiger partial charge in [0, 0.05) is 20.3 Å². The summed E-state index contributed by atoms with van der Waals surface area (Å²) in [6.07, 6.45) is 0. The third kappa shape index (κ3) is 3.95. The van der Waals surface area contributed by atoms with Gasteiger partial charge in [-0.15, -0.1) is 0 Å². The van der Waals surface area contributed by atoms with Crippen LogP contribution in [0.4, 0.5) is 8.78 Å². The molecule has 0 fully saturated rings. The Bertz CT molecular complexity index is 563. The zero-order chi connectivity index (χ0) is 15.3. The summed E-state index contributed by atoms with van der Waals surface area (Å²) in [6.45, 7) is 1.24. The van der Waals surface area contributed by atoms with Gasteiger partial charge >= 0.3 is 0 Å². The summed E-state index contributed by atoms with van der Waals surface area (Å²) in [5.74, 6) is -2.37. The minimum absolute atomic E-state index is 0.0570. The average molecular weight is 309 g/mol. The number of methoxy groups -OCH3 is 1. The SMILES string of the molecule is COCC(C)CNS(=O)(=O)c1ccc(F)c(CO)c1F. The quantitative estimate of drug-likeness (QED) is 0.788. The van der Waals surface area contributed by atoms with E-state index in [4.69, 9.17) is 9.84 Å². The Hall–Kier alpha value is -1.09. The summed E-state index contributed by atoms with van der Waals surface area (Å²) in [5, 5.41) is 8.87. The lowest BCUT2D eigenvalue weighted by Crippen LogP contribution is -2.30. The molecular weight excluding hydrogens is 292 g/mol. The maximum Gasteiger partial charge on any atom is 0.243 e. The number of sulfonamides is 1. The zero-order valence-corrected chi connectivity index (χ0v) is 12.0. The molecule has 1 rings (SSSR count). The van der Waals surface area contributed by atoms with Crippen LogP contribution in [0.1, 0.15) is 12.5 Å². The molecule has 20 heavy (non-hydrogen) atoms.